The lowest BCUT2D eigenvalue weighted by atomic mass is 10.1. The number of benzene rings is 1. The van der Waals surface area contributed by atoms with Gasteiger partial charge in [0, 0.05) is 25.2 Å². The molecule has 0 fully saturated rings. The number of nitrogens with zero attached hydrogens (tertiary/aromatic N) is 2. The smallest absolute Gasteiger partial charge is 0.331 e. The van der Waals surface area contributed by atoms with E-state index in [1.54, 1.807) is 24.3 Å². The quantitative estimate of drug-likeness (QED) is 0.736. The monoisotopic (exact) mass is 344 g/mol. The Labute approximate surface area is 144 Å². The van der Waals surface area contributed by atoms with Crippen LogP contribution in [0.4, 0.5) is 5.69 Å². The van der Waals surface area contributed by atoms with Crippen molar-refractivity contribution < 1.29 is 19.5 Å². The van der Waals surface area contributed by atoms with Crippen LogP contribution >= 0.6 is 0 Å². The Bertz CT molecular complexity index is 793. The molecular formula is C17H20N4O4. The van der Waals surface area contributed by atoms with E-state index < -0.39 is 11.5 Å². The normalized spacial score (nSPS) is 11.0. The lowest BCUT2D eigenvalue weighted by Gasteiger charge is -2.19. The number of hydrogen-bond donors (Lipinski definition) is 3. The van der Waals surface area contributed by atoms with Crippen molar-refractivity contribution in [3.05, 3.63) is 47.8 Å². The van der Waals surface area contributed by atoms with Gasteiger partial charge in [-0.15, -0.1) is 0 Å². The first-order valence-electron chi connectivity index (χ1n) is 7.63. The molecule has 0 aliphatic heterocycles. The van der Waals surface area contributed by atoms with Crippen molar-refractivity contribution in [2.24, 2.45) is 0 Å². The fraction of sp³-hybridized carbons (Fsp3) is 0.294. The van der Waals surface area contributed by atoms with E-state index in [2.05, 4.69) is 15.7 Å². The summed E-state index contributed by atoms with van der Waals surface area (Å²) in [7, 11) is 0. The molecule has 1 heterocycles. The first-order chi connectivity index (χ1) is 11.7. The molecule has 25 heavy (non-hydrogen) atoms. The van der Waals surface area contributed by atoms with Crippen LogP contribution in [-0.4, -0.2) is 32.7 Å². The molecule has 3 N–H and O–H groups in total. The highest BCUT2D eigenvalue weighted by atomic mass is 16.4. The van der Waals surface area contributed by atoms with Gasteiger partial charge in [-0.3, -0.25) is 14.3 Å². The first kappa shape index (κ1) is 18.2. The van der Waals surface area contributed by atoms with Gasteiger partial charge >= 0.3 is 5.97 Å². The van der Waals surface area contributed by atoms with Crippen molar-refractivity contribution in [3.8, 4) is 0 Å². The molecule has 132 valence electrons. The molecule has 1 aromatic heterocycles. The van der Waals surface area contributed by atoms with Crippen molar-refractivity contribution in [1.82, 2.24) is 15.1 Å². The molecule has 0 saturated carbocycles. The van der Waals surface area contributed by atoms with Gasteiger partial charge in [0.2, 0.25) is 5.91 Å². The molecular weight excluding hydrogens is 324 g/mol. The molecule has 0 atom stereocenters. The molecule has 0 saturated heterocycles. The molecule has 0 unspecified atom stereocenters. The van der Waals surface area contributed by atoms with Crippen LogP contribution in [0, 0.1) is 0 Å². The van der Waals surface area contributed by atoms with Gasteiger partial charge < -0.3 is 15.7 Å². The predicted molar refractivity (Wildman–Crippen MR) is 91.1 cm³/mol. The number of carbonyl (C=O) groups is 3. The predicted octanol–water partition coefficient (Wildman–Crippen LogP) is 1.59. The Morgan fingerprint density at radius 2 is 1.84 bits per heavy atom. The zero-order chi connectivity index (χ0) is 18.6. The van der Waals surface area contributed by atoms with Gasteiger partial charge in [-0.05, 0) is 31.5 Å². The van der Waals surface area contributed by atoms with Crippen LogP contribution in [0.25, 0.3) is 0 Å². The van der Waals surface area contributed by atoms with Crippen molar-refractivity contribution in [1.29, 1.82) is 0 Å². The molecule has 2 aromatic rings. The maximum atomic E-state index is 12.3. The summed E-state index contributed by atoms with van der Waals surface area (Å²) < 4.78 is 1.28. The minimum atomic E-state index is -1.21. The number of nitrogens with one attached hydrogen (secondary N) is 2. The van der Waals surface area contributed by atoms with E-state index in [0.29, 0.717) is 17.8 Å². The number of carbonyl (C=O) groups excluding carboxylic acids is 2. The summed E-state index contributed by atoms with van der Waals surface area (Å²) in [6.07, 6.45) is 2.87. The van der Waals surface area contributed by atoms with Crippen LogP contribution in [0.5, 0.6) is 0 Å². The van der Waals surface area contributed by atoms with Gasteiger partial charge in [0.05, 0.1) is 11.9 Å². The van der Waals surface area contributed by atoms with Crippen LogP contribution in [0.3, 0.4) is 0 Å². The van der Waals surface area contributed by atoms with Crippen molar-refractivity contribution in [3.63, 3.8) is 0 Å². The number of aliphatic carboxylic acids is 1. The summed E-state index contributed by atoms with van der Waals surface area (Å²) in [4.78, 5) is 34.4. The minimum absolute atomic E-state index is 0.122. The van der Waals surface area contributed by atoms with Gasteiger partial charge in [-0.2, -0.15) is 5.10 Å². The molecule has 0 bridgehead atoms. The van der Waals surface area contributed by atoms with E-state index in [1.807, 2.05) is 0 Å². The van der Waals surface area contributed by atoms with Crippen molar-refractivity contribution in [2.45, 2.75) is 32.9 Å². The second kappa shape index (κ2) is 7.16. The van der Waals surface area contributed by atoms with E-state index in [1.165, 1.54) is 37.8 Å². The summed E-state index contributed by atoms with van der Waals surface area (Å²) in [6.45, 7) is 4.87. The van der Waals surface area contributed by atoms with Crippen molar-refractivity contribution >= 4 is 23.5 Å². The summed E-state index contributed by atoms with van der Waals surface area (Å²) in [6, 6.07) is 6.81. The molecule has 0 aliphatic carbocycles. The number of hydrogen-bond acceptors (Lipinski definition) is 4. The van der Waals surface area contributed by atoms with Gasteiger partial charge in [-0.1, -0.05) is 12.1 Å². The van der Waals surface area contributed by atoms with Crippen LogP contribution in [0.1, 0.15) is 36.7 Å². The van der Waals surface area contributed by atoms with Gasteiger partial charge in [0.25, 0.3) is 5.91 Å². The van der Waals surface area contributed by atoms with E-state index in [-0.39, 0.29) is 11.8 Å². The Morgan fingerprint density at radius 3 is 2.40 bits per heavy atom. The lowest BCUT2D eigenvalue weighted by Crippen LogP contribution is -2.35. The lowest BCUT2D eigenvalue weighted by molar-refractivity contribution is -0.146. The fourth-order valence-corrected chi connectivity index (χ4v) is 1.99. The minimum Gasteiger partial charge on any atom is -0.479 e. The average molecular weight is 344 g/mol. The summed E-state index contributed by atoms with van der Waals surface area (Å²) in [5.74, 6) is -1.48. The average Bonchev–Trinajstić information content (AvgIpc) is 3.02. The Morgan fingerprint density at radius 1 is 1.20 bits per heavy atom. The highest BCUT2D eigenvalue weighted by molar-refractivity contribution is 6.04. The highest BCUT2D eigenvalue weighted by Crippen LogP contribution is 2.18. The summed E-state index contributed by atoms with van der Waals surface area (Å²) in [5.41, 5.74) is 0.509. The standard InChI is InChI=1S/C17H20N4O4/c1-11(22)18-8-12-4-6-13(7-5-12)15(23)20-14-9-19-21(10-14)17(2,3)16(24)25/h4-7,9-10H,8H2,1-3H3,(H,18,22)(H,20,23)(H,24,25). The Kier molecular flexibility index (Phi) is 5.21. The molecule has 8 nitrogen and oxygen atoms in total. The third kappa shape index (κ3) is 4.43. The van der Waals surface area contributed by atoms with E-state index in [0.717, 1.165) is 5.56 Å². The summed E-state index contributed by atoms with van der Waals surface area (Å²) >= 11 is 0. The highest BCUT2D eigenvalue weighted by Gasteiger charge is 2.30. The second-order valence-electron chi connectivity index (χ2n) is 6.10. The second-order valence-corrected chi connectivity index (χ2v) is 6.10. The number of amides is 2. The number of aromatic nitrogens is 2. The molecule has 1 aromatic carbocycles. The SMILES string of the molecule is CC(=O)NCc1ccc(C(=O)Nc2cnn(C(C)(C)C(=O)O)c2)cc1. The van der Waals surface area contributed by atoms with Crippen LogP contribution in [0.2, 0.25) is 0 Å². The number of carboxylic acids is 1. The number of rotatable bonds is 6. The van der Waals surface area contributed by atoms with E-state index in [9.17, 15) is 19.5 Å². The maximum absolute atomic E-state index is 12.3. The Balaban J connectivity index is 2.04. The molecule has 0 aliphatic rings. The van der Waals surface area contributed by atoms with Crippen LogP contribution in [-0.2, 0) is 21.7 Å². The number of anilines is 1. The molecule has 8 heteroatoms. The van der Waals surface area contributed by atoms with E-state index >= 15 is 0 Å². The van der Waals surface area contributed by atoms with E-state index in [4.69, 9.17) is 0 Å². The molecule has 0 radical (unpaired) electrons. The summed E-state index contributed by atoms with van der Waals surface area (Å²) in [5, 5.41) is 18.5. The molecule has 0 spiro atoms. The van der Waals surface area contributed by atoms with Gasteiger partial charge in [0.15, 0.2) is 5.54 Å². The van der Waals surface area contributed by atoms with Crippen LogP contribution < -0.4 is 10.6 Å². The van der Waals surface area contributed by atoms with Gasteiger partial charge in [0.1, 0.15) is 0 Å². The third-order valence-corrected chi connectivity index (χ3v) is 3.69. The zero-order valence-corrected chi connectivity index (χ0v) is 14.2. The fourth-order valence-electron chi connectivity index (χ4n) is 1.99. The number of carboxylic acid groups (broad SMARTS) is 1. The van der Waals surface area contributed by atoms with Crippen LogP contribution in [0.15, 0.2) is 36.7 Å². The largest absolute Gasteiger partial charge is 0.479 e. The third-order valence-electron chi connectivity index (χ3n) is 3.69. The van der Waals surface area contributed by atoms with Gasteiger partial charge in [-0.25, -0.2) is 4.79 Å². The Hall–Kier alpha value is -3.16. The maximum Gasteiger partial charge on any atom is 0.331 e. The van der Waals surface area contributed by atoms with Crippen molar-refractivity contribution in [2.75, 3.05) is 5.32 Å². The molecule has 2 amide bonds. The molecule has 2 rings (SSSR count). The zero-order valence-electron chi connectivity index (χ0n) is 14.2. The topological polar surface area (TPSA) is 113 Å². The first-order valence-corrected chi connectivity index (χ1v) is 7.63.